The quantitative estimate of drug-likeness (QED) is 0.754. The van der Waals surface area contributed by atoms with Gasteiger partial charge in [-0.25, -0.2) is 0 Å². The fourth-order valence-corrected chi connectivity index (χ4v) is 2.10. The zero-order valence-electron chi connectivity index (χ0n) is 10.2. The van der Waals surface area contributed by atoms with Gasteiger partial charge in [-0.15, -0.1) is 0 Å². The molecule has 0 heterocycles. The number of para-hydroxylation sites is 1. The van der Waals surface area contributed by atoms with Crippen molar-refractivity contribution in [1.82, 2.24) is 0 Å². The van der Waals surface area contributed by atoms with Crippen LogP contribution in [0.1, 0.15) is 5.56 Å². The van der Waals surface area contributed by atoms with Crippen LogP contribution in [-0.2, 0) is 10.2 Å². The summed E-state index contributed by atoms with van der Waals surface area (Å²) in [6, 6.07) is 13.7. The number of alkyl halides is 2. The second-order valence-electron chi connectivity index (χ2n) is 4.15. The van der Waals surface area contributed by atoms with Crippen LogP contribution in [0.4, 0.5) is 20.2 Å². The predicted molar refractivity (Wildman–Crippen MR) is 72.1 cm³/mol. The van der Waals surface area contributed by atoms with Crippen LogP contribution in [0.25, 0.3) is 0 Å². The molecule has 0 amide bonds. The molecular weight excluding hydrogens is 287 g/mol. The van der Waals surface area contributed by atoms with Gasteiger partial charge in [0.25, 0.3) is 0 Å². The van der Waals surface area contributed by atoms with Gasteiger partial charge in [0.1, 0.15) is 0 Å². The number of rotatable bonds is 4. The first kappa shape index (κ1) is 14.7. The lowest BCUT2D eigenvalue weighted by molar-refractivity contribution is 0.0564. The number of benzene rings is 2. The highest BCUT2D eigenvalue weighted by Crippen LogP contribution is 2.59. The first-order valence-corrected chi connectivity index (χ1v) is 7.28. The average Bonchev–Trinajstić information content (AvgIpc) is 2.39. The summed E-state index contributed by atoms with van der Waals surface area (Å²) < 4.78 is 37.6. The van der Waals surface area contributed by atoms with E-state index >= 15 is 0 Å². The van der Waals surface area contributed by atoms with Crippen LogP contribution >= 0.6 is 7.60 Å². The maximum absolute atomic E-state index is 13.4. The molecule has 106 valence electrons. The van der Waals surface area contributed by atoms with Crippen molar-refractivity contribution in [1.29, 1.82) is 0 Å². The standard InChI is InChI=1S/C13H12F2NO3P/c14-13(15,20(17,18)19)10-6-8-12(9-7-10)16-11-4-2-1-3-5-11/h1-9,16H,(H2,17,18,19). The molecule has 2 aromatic rings. The Morgan fingerprint density at radius 3 is 1.90 bits per heavy atom. The second kappa shape index (κ2) is 5.32. The van der Waals surface area contributed by atoms with Crippen LogP contribution in [0.3, 0.4) is 0 Å². The fourth-order valence-electron chi connectivity index (χ4n) is 1.61. The summed E-state index contributed by atoms with van der Waals surface area (Å²) in [4.78, 5) is 17.3. The molecule has 0 aliphatic heterocycles. The molecule has 7 heteroatoms. The summed E-state index contributed by atoms with van der Waals surface area (Å²) >= 11 is 0. The van der Waals surface area contributed by atoms with Crippen LogP contribution in [-0.4, -0.2) is 9.79 Å². The van der Waals surface area contributed by atoms with Crippen molar-refractivity contribution < 1.29 is 23.1 Å². The van der Waals surface area contributed by atoms with E-state index in [-0.39, 0.29) is 0 Å². The highest BCUT2D eigenvalue weighted by Gasteiger charge is 2.50. The first-order valence-electron chi connectivity index (χ1n) is 5.67. The largest absolute Gasteiger partial charge is 0.399 e. The number of anilines is 2. The van der Waals surface area contributed by atoms with Crippen molar-refractivity contribution in [2.45, 2.75) is 5.66 Å². The number of hydrogen-bond donors (Lipinski definition) is 3. The molecule has 4 nitrogen and oxygen atoms in total. The lowest BCUT2D eigenvalue weighted by Crippen LogP contribution is -2.13. The van der Waals surface area contributed by atoms with Gasteiger partial charge in [0.15, 0.2) is 0 Å². The Kier molecular flexibility index (Phi) is 3.90. The third-order valence-corrected chi connectivity index (χ3v) is 3.65. The Balaban J connectivity index is 2.21. The molecule has 0 spiro atoms. The summed E-state index contributed by atoms with van der Waals surface area (Å²) in [5.41, 5.74) is -3.58. The minimum absolute atomic E-state index is 0.543. The zero-order valence-corrected chi connectivity index (χ0v) is 11.1. The van der Waals surface area contributed by atoms with Crippen LogP contribution in [0.5, 0.6) is 0 Å². The molecule has 2 aromatic carbocycles. The highest BCUT2D eigenvalue weighted by molar-refractivity contribution is 7.52. The molecule has 2 rings (SSSR count). The molecule has 0 aliphatic carbocycles. The van der Waals surface area contributed by atoms with E-state index in [1.807, 2.05) is 18.2 Å². The Labute approximate surface area is 114 Å². The van der Waals surface area contributed by atoms with E-state index in [1.165, 1.54) is 12.1 Å². The maximum atomic E-state index is 13.4. The van der Waals surface area contributed by atoms with E-state index in [0.29, 0.717) is 5.69 Å². The van der Waals surface area contributed by atoms with Crippen molar-refractivity contribution >= 4 is 19.0 Å². The number of nitrogens with one attached hydrogen (secondary N) is 1. The van der Waals surface area contributed by atoms with Gasteiger partial charge < -0.3 is 15.1 Å². The van der Waals surface area contributed by atoms with Gasteiger partial charge in [-0.2, -0.15) is 8.78 Å². The lowest BCUT2D eigenvalue weighted by atomic mass is 10.2. The fraction of sp³-hybridized carbons (Fsp3) is 0.0769. The van der Waals surface area contributed by atoms with Gasteiger partial charge in [0, 0.05) is 16.9 Å². The molecule has 0 aromatic heterocycles. The Morgan fingerprint density at radius 2 is 1.40 bits per heavy atom. The zero-order chi connectivity index (χ0) is 14.8. The van der Waals surface area contributed by atoms with E-state index in [0.717, 1.165) is 17.8 Å². The van der Waals surface area contributed by atoms with Gasteiger partial charge in [-0.3, -0.25) is 4.57 Å². The monoisotopic (exact) mass is 299 g/mol. The summed E-state index contributed by atoms with van der Waals surface area (Å²) in [7, 11) is -5.53. The third-order valence-electron chi connectivity index (χ3n) is 2.66. The molecule has 20 heavy (non-hydrogen) atoms. The smallest absolute Gasteiger partial charge is 0.356 e. The van der Waals surface area contributed by atoms with Crippen molar-refractivity contribution in [2.75, 3.05) is 5.32 Å². The molecular formula is C13H12F2NO3P. The van der Waals surface area contributed by atoms with Crippen molar-refractivity contribution in [2.24, 2.45) is 0 Å². The topological polar surface area (TPSA) is 69.6 Å². The van der Waals surface area contributed by atoms with Gasteiger partial charge >= 0.3 is 13.3 Å². The highest BCUT2D eigenvalue weighted by atomic mass is 31.2. The Morgan fingerprint density at radius 1 is 0.900 bits per heavy atom. The van der Waals surface area contributed by atoms with E-state index in [2.05, 4.69) is 5.32 Å². The Hall–Kier alpha value is -1.75. The minimum atomic E-state index is -5.53. The molecule has 0 radical (unpaired) electrons. The van der Waals surface area contributed by atoms with Crippen LogP contribution in [0.15, 0.2) is 54.6 Å². The van der Waals surface area contributed by atoms with Crippen molar-refractivity contribution in [3.05, 3.63) is 60.2 Å². The molecule has 3 N–H and O–H groups in total. The van der Waals surface area contributed by atoms with Crippen LogP contribution in [0, 0.1) is 0 Å². The van der Waals surface area contributed by atoms with E-state index in [1.54, 1.807) is 12.1 Å². The number of hydrogen-bond acceptors (Lipinski definition) is 2. The van der Waals surface area contributed by atoms with Crippen molar-refractivity contribution in [3.63, 3.8) is 0 Å². The molecule has 0 aliphatic rings. The third kappa shape index (κ3) is 3.04. The summed E-state index contributed by atoms with van der Waals surface area (Å²) in [6.07, 6.45) is 0. The summed E-state index contributed by atoms with van der Waals surface area (Å²) in [5.74, 6) is 0. The van der Waals surface area contributed by atoms with E-state index in [9.17, 15) is 13.3 Å². The van der Waals surface area contributed by atoms with Gasteiger partial charge in [0.2, 0.25) is 0 Å². The predicted octanol–water partition coefficient (Wildman–Crippen LogP) is 3.66. The molecule has 0 bridgehead atoms. The van der Waals surface area contributed by atoms with Gasteiger partial charge in [0.05, 0.1) is 0 Å². The van der Waals surface area contributed by atoms with Crippen LogP contribution < -0.4 is 5.32 Å². The van der Waals surface area contributed by atoms with E-state index in [4.69, 9.17) is 9.79 Å². The van der Waals surface area contributed by atoms with Gasteiger partial charge in [-0.1, -0.05) is 30.3 Å². The maximum Gasteiger partial charge on any atom is 0.399 e. The molecule has 0 fully saturated rings. The molecule has 0 atom stereocenters. The second-order valence-corrected chi connectivity index (χ2v) is 5.80. The van der Waals surface area contributed by atoms with Crippen molar-refractivity contribution in [3.8, 4) is 0 Å². The lowest BCUT2D eigenvalue weighted by Gasteiger charge is -2.18. The molecule has 0 saturated heterocycles. The molecule has 0 saturated carbocycles. The van der Waals surface area contributed by atoms with E-state index < -0.39 is 18.8 Å². The normalized spacial score (nSPS) is 12.2. The average molecular weight is 299 g/mol. The van der Waals surface area contributed by atoms with Gasteiger partial charge in [-0.05, 0) is 24.3 Å². The number of halogens is 2. The summed E-state index contributed by atoms with van der Waals surface area (Å²) in [5, 5.41) is 2.98. The van der Waals surface area contributed by atoms with Crippen LogP contribution in [0.2, 0.25) is 0 Å². The summed E-state index contributed by atoms with van der Waals surface area (Å²) in [6.45, 7) is 0. The Bertz CT molecular complexity index is 626. The SMILES string of the molecule is O=P(O)(O)C(F)(F)c1ccc(Nc2ccccc2)cc1. The molecule has 0 unspecified atom stereocenters. The first-order chi connectivity index (χ1) is 9.30. The minimum Gasteiger partial charge on any atom is -0.356 e.